The molecule has 0 amide bonds. The third-order valence-corrected chi connectivity index (χ3v) is 3.29. The Morgan fingerprint density at radius 3 is 3.06 bits per heavy atom. The van der Waals surface area contributed by atoms with Gasteiger partial charge in [0.1, 0.15) is 5.75 Å². The van der Waals surface area contributed by atoms with Gasteiger partial charge in [0.25, 0.3) is 0 Å². The SMILES string of the molecule is c1cncc(OCC2CNCc3ccccc32)c1. The van der Waals surface area contributed by atoms with Gasteiger partial charge in [-0.05, 0) is 23.3 Å². The van der Waals surface area contributed by atoms with Crippen LogP contribution in [-0.2, 0) is 6.54 Å². The lowest BCUT2D eigenvalue weighted by Crippen LogP contribution is -2.31. The number of nitrogens with zero attached hydrogens (tertiary/aromatic N) is 1. The Kier molecular flexibility index (Phi) is 3.24. The normalized spacial score (nSPS) is 18.1. The first kappa shape index (κ1) is 11.2. The third-order valence-electron chi connectivity index (χ3n) is 3.29. The maximum absolute atomic E-state index is 5.80. The predicted molar refractivity (Wildman–Crippen MR) is 70.6 cm³/mol. The molecular formula is C15H16N2O. The first-order chi connectivity index (χ1) is 8.93. The van der Waals surface area contributed by atoms with Crippen molar-refractivity contribution in [1.82, 2.24) is 10.3 Å². The largest absolute Gasteiger partial charge is 0.491 e. The monoisotopic (exact) mass is 240 g/mol. The van der Waals surface area contributed by atoms with E-state index in [1.165, 1.54) is 11.1 Å². The van der Waals surface area contributed by atoms with E-state index in [1.54, 1.807) is 12.4 Å². The molecule has 0 spiro atoms. The molecule has 1 aromatic heterocycles. The zero-order valence-electron chi connectivity index (χ0n) is 10.2. The molecule has 1 aliphatic rings. The minimum atomic E-state index is 0.412. The van der Waals surface area contributed by atoms with Gasteiger partial charge in [-0.15, -0.1) is 0 Å². The number of hydrogen-bond donors (Lipinski definition) is 1. The van der Waals surface area contributed by atoms with Crippen LogP contribution in [0.15, 0.2) is 48.8 Å². The van der Waals surface area contributed by atoms with E-state index in [0.717, 1.165) is 18.8 Å². The number of rotatable bonds is 3. The summed E-state index contributed by atoms with van der Waals surface area (Å²) in [5, 5.41) is 3.43. The van der Waals surface area contributed by atoms with E-state index in [1.807, 2.05) is 12.1 Å². The molecule has 0 fully saturated rings. The summed E-state index contributed by atoms with van der Waals surface area (Å²) in [5.41, 5.74) is 2.78. The summed E-state index contributed by atoms with van der Waals surface area (Å²) in [6.45, 7) is 2.62. The maximum Gasteiger partial charge on any atom is 0.137 e. The topological polar surface area (TPSA) is 34.1 Å². The highest BCUT2D eigenvalue weighted by Crippen LogP contribution is 2.24. The van der Waals surface area contributed by atoms with Crippen molar-refractivity contribution in [1.29, 1.82) is 0 Å². The highest BCUT2D eigenvalue weighted by Gasteiger charge is 2.19. The summed E-state index contributed by atoms with van der Waals surface area (Å²) < 4.78 is 5.80. The third kappa shape index (κ3) is 2.36. The van der Waals surface area contributed by atoms with E-state index in [9.17, 15) is 0 Å². The quantitative estimate of drug-likeness (QED) is 0.894. The Morgan fingerprint density at radius 2 is 2.17 bits per heavy atom. The van der Waals surface area contributed by atoms with Crippen LogP contribution in [0, 0.1) is 0 Å². The van der Waals surface area contributed by atoms with Crippen molar-refractivity contribution in [2.24, 2.45) is 0 Å². The van der Waals surface area contributed by atoms with Crippen molar-refractivity contribution in [2.75, 3.05) is 13.2 Å². The molecule has 2 heterocycles. The lowest BCUT2D eigenvalue weighted by molar-refractivity contribution is 0.277. The van der Waals surface area contributed by atoms with Crippen LogP contribution in [0.1, 0.15) is 17.0 Å². The molecule has 1 aromatic carbocycles. The average molecular weight is 240 g/mol. The summed E-state index contributed by atoms with van der Waals surface area (Å²) in [7, 11) is 0. The van der Waals surface area contributed by atoms with Crippen LogP contribution in [0.25, 0.3) is 0 Å². The van der Waals surface area contributed by atoms with Gasteiger partial charge in [-0.25, -0.2) is 0 Å². The Morgan fingerprint density at radius 1 is 1.22 bits per heavy atom. The molecule has 1 atom stereocenters. The van der Waals surface area contributed by atoms with Crippen LogP contribution in [0.4, 0.5) is 0 Å². The molecule has 0 aliphatic carbocycles. The number of nitrogens with one attached hydrogen (secondary N) is 1. The van der Waals surface area contributed by atoms with Crippen LogP contribution in [0.2, 0.25) is 0 Å². The molecule has 3 rings (SSSR count). The van der Waals surface area contributed by atoms with E-state index in [2.05, 4.69) is 34.6 Å². The van der Waals surface area contributed by atoms with Crippen molar-refractivity contribution >= 4 is 0 Å². The van der Waals surface area contributed by atoms with Crippen LogP contribution in [-0.4, -0.2) is 18.1 Å². The number of hydrogen-bond acceptors (Lipinski definition) is 3. The fourth-order valence-corrected chi connectivity index (χ4v) is 2.36. The van der Waals surface area contributed by atoms with Gasteiger partial charge in [-0.3, -0.25) is 4.98 Å². The lowest BCUT2D eigenvalue weighted by atomic mass is 9.91. The van der Waals surface area contributed by atoms with E-state index < -0.39 is 0 Å². The van der Waals surface area contributed by atoms with Gasteiger partial charge in [0.2, 0.25) is 0 Å². The molecular weight excluding hydrogens is 224 g/mol. The molecule has 3 heteroatoms. The van der Waals surface area contributed by atoms with Crippen LogP contribution in [0.3, 0.4) is 0 Å². The van der Waals surface area contributed by atoms with E-state index in [0.29, 0.717) is 12.5 Å². The maximum atomic E-state index is 5.80. The van der Waals surface area contributed by atoms with Gasteiger partial charge in [-0.1, -0.05) is 24.3 Å². The molecule has 0 saturated heterocycles. The highest BCUT2D eigenvalue weighted by atomic mass is 16.5. The number of ether oxygens (including phenoxy) is 1. The average Bonchev–Trinajstić information content (AvgIpc) is 2.46. The first-order valence-electron chi connectivity index (χ1n) is 6.25. The van der Waals surface area contributed by atoms with Gasteiger partial charge in [0.05, 0.1) is 12.8 Å². The molecule has 18 heavy (non-hydrogen) atoms. The summed E-state index contributed by atoms with van der Waals surface area (Å²) in [6.07, 6.45) is 3.51. The number of aromatic nitrogens is 1. The smallest absolute Gasteiger partial charge is 0.137 e. The fraction of sp³-hybridized carbons (Fsp3) is 0.267. The lowest BCUT2D eigenvalue weighted by Gasteiger charge is -2.26. The highest BCUT2D eigenvalue weighted by molar-refractivity contribution is 5.33. The molecule has 92 valence electrons. The molecule has 2 aromatic rings. The van der Waals surface area contributed by atoms with Crippen molar-refractivity contribution in [3.05, 3.63) is 59.9 Å². The van der Waals surface area contributed by atoms with Gasteiger partial charge >= 0.3 is 0 Å². The summed E-state index contributed by atoms with van der Waals surface area (Å²) in [6, 6.07) is 12.4. The minimum Gasteiger partial charge on any atom is -0.491 e. The van der Waals surface area contributed by atoms with E-state index in [-0.39, 0.29) is 0 Å². The van der Waals surface area contributed by atoms with Crippen molar-refractivity contribution in [2.45, 2.75) is 12.5 Å². The van der Waals surface area contributed by atoms with Gasteiger partial charge < -0.3 is 10.1 Å². The molecule has 3 nitrogen and oxygen atoms in total. The summed E-state index contributed by atoms with van der Waals surface area (Å²) in [4.78, 5) is 4.05. The van der Waals surface area contributed by atoms with Crippen LogP contribution in [0.5, 0.6) is 5.75 Å². The Balaban J connectivity index is 1.71. The van der Waals surface area contributed by atoms with Gasteiger partial charge in [0, 0.05) is 25.2 Å². The Hall–Kier alpha value is -1.87. The Bertz CT molecular complexity index is 513. The summed E-state index contributed by atoms with van der Waals surface area (Å²) >= 11 is 0. The van der Waals surface area contributed by atoms with Gasteiger partial charge in [-0.2, -0.15) is 0 Å². The molecule has 0 bridgehead atoms. The van der Waals surface area contributed by atoms with Gasteiger partial charge in [0.15, 0.2) is 0 Å². The number of benzene rings is 1. The van der Waals surface area contributed by atoms with Crippen molar-refractivity contribution in [3.63, 3.8) is 0 Å². The molecule has 1 aliphatic heterocycles. The zero-order valence-corrected chi connectivity index (χ0v) is 10.2. The standard InChI is InChI=1S/C15H16N2O/c1-2-6-15-12(4-1)8-17-9-13(15)11-18-14-5-3-7-16-10-14/h1-7,10,13,17H,8-9,11H2. The molecule has 1 N–H and O–H groups in total. The molecule has 1 unspecified atom stereocenters. The second kappa shape index (κ2) is 5.19. The second-order valence-corrected chi connectivity index (χ2v) is 4.53. The minimum absolute atomic E-state index is 0.412. The number of fused-ring (bicyclic) bond motifs is 1. The molecule has 0 saturated carbocycles. The second-order valence-electron chi connectivity index (χ2n) is 4.53. The van der Waals surface area contributed by atoms with E-state index >= 15 is 0 Å². The van der Waals surface area contributed by atoms with Crippen LogP contribution >= 0.6 is 0 Å². The first-order valence-corrected chi connectivity index (χ1v) is 6.25. The fourth-order valence-electron chi connectivity index (χ4n) is 2.36. The van der Waals surface area contributed by atoms with Crippen LogP contribution < -0.4 is 10.1 Å². The summed E-state index contributed by atoms with van der Waals surface area (Å²) in [5.74, 6) is 1.25. The van der Waals surface area contributed by atoms with Crippen molar-refractivity contribution < 1.29 is 4.74 Å². The zero-order chi connectivity index (χ0) is 12.2. The number of pyridine rings is 1. The Labute approximate surface area is 107 Å². The van der Waals surface area contributed by atoms with E-state index in [4.69, 9.17) is 4.74 Å². The predicted octanol–water partition coefficient (Wildman–Crippen LogP) is 2.35. The molecule has 0 radical (unpaired) electrons. The van der Waals surface area contributed by atoms with Crippen molar-refractivity contribution in [3.8, 4) is 5.75 Å².